The Morgan fingerprint density at radius 1 is 1.29 bits per heavy atom. The summed E-state index contributed by atoms with van der Waals surface area (Å²) in [6.07, 6.45) is -0.236. The first-order valence-corrected chi connectivity index (χ1v) is 5.39. The van der Waals surface area contributed by atoms with Crippen LogP contribution >= 0.6 is 0 Å². The van der Waals surface area contributed by atoms with E-state index < -0.39 is 6.09 Å². The molecule has 0 radical (unpaired) electrons. The summed E-state index contributed by atoms with van der Waals surface area (Å²) in [6.45, 7) is 1.93. The highest BCUT2D eigenvalue weighted by Crippen LogP contribution is 2.02. The number of nitrogens with zero attached hydrogens (tertiary/aromatic N) is 1. The summed E-state index contributed by atoms with van der Waals surface area (Å²) in [5.74, 6) is 0. The summed E-state index contributed by atoms with van der Waals surface area (Å²) in [4.78, 5) is 10.2. The lowest BCUT2D eigenvalue weighted by Gasteiger charge is -2.05. The molecule has 1 rings (SSSR count). The van der Waals surface area contributed by atoms with Crippen molar-refractivity contribution < 1.29 is 9.90 Å². The Balaban J connectivity index is 2.14. The molecule has 0 fully saturated rings. The van der Waals surface area contributed by atoms with Gasteiger partial charge in [-0.2, -0.15) is 5.26 Å². The minimum absolute atomic E-state index is 0.454. The molecule has 0 spiro atoms. The molecule has 1 aromatic carbocycles. The molecule has 0 saturated carbocycles. The normalized spacial score (nSPS) is 9.59. The molecule has 0 bridgehead atoms. The number of carboxylic acid groups (broad SMARTS) is 1. The number of amides is 1. The highest BCUT2D eigenvalue weighted by Gasteiger charge is 1.95. The van der Waals surface area contributed by atoms with Crippen LogP contribution in [0.1, 0.15) is 17.5 Å². The molecule has 3 N–H and O–H groups in total. The third-order valence-electron chi connectivity index (χ3n) is 2.22. The minimum Gasteiger partial charge on any atom is -0.465 e. The Morgan fingerprint density at radius 2 is 2.00 bits per heavy atom. The van der Waals surface area contributed by atoms with Crippen LogP contribution < -0.4 is 10.6 Å². The van der Waals surface area contributed by atoms with Gasteiger partial charge in [0.05, 0.1) is 11.6 Å². The van der Waals surface area contributed by atoms with Crippen LogP contribution in [0, 0.1) is 11.3 Å². The van der Waals surface area contributed by atoms with Crippen molar-refractivity contribution in [3.63, 3.8) is 0 Å². The number of hydrogen-bond donors (Lipinski definition) is 3. The summed E-state index contributed by atoms with van der Waals surface area (Å²) in [5, 5.41) is 22.5. The SMILES string of the molecule is N#Cc1ccc(CNCCCNC(=O)O)cc1. The van der Waals surface area contributed by atoms with Gasteiger partial charge in [-0.25, -0.2) is 4.79 Å². The second kappa shape index (κ2) is 7.25. The molecule has 17 heavy (non-hydrogen) atoms. The van der Waals surface area contributed by atoms with Crippen molar-refractivity contribution >= 4 is 6.09 Å². The lowest BCUT2D eigenvalue weighted by Crippen LogP contribution is -2.25. The van der Waals surface area contributed by atoms with Crippen LogP contribution in [0.3, 0.4) is 0 Å². The van der Waals surface area contributed by atoms with Gasteiger partial charge in [-0.05, 0) is 30.7 Å². The third-order valence-corrected chi connectivity index (χ3v) is 2.22. The van der Waals surface area contributed by atoms with Gasteiger partial charge in [0.15, 0.2) is 0 Å². The Labute approximate surface area is 100 Å². The minimum atomic E-state index is -0.989. The van der Waals surface area contributed by atoms with Crippen LogP contribution in [0.25, 0.3) is 0 Å². The van der Waals surface area contributed by atoms with E-state index in [4.69, 9.17) is 10.4 Å². The van der Waals surface area contributed by atoms with Gasteiger partial charge in [-0.3, -0.25) is 0 Å². The molecule has 0 aromatic heterocycles. The first-order valence-electron chi connectivity index (χ1n) is 5.39. The van der Waals surface area contributed by atoms with Crippen LogP contribution in [0.2, 0.25) is 0 Å². The molecular weight excluding hydrogens is 218 g/mol. The molecule has 90 valence electrons. The number of nitrogens with one attached hydrogen (secondary N) is 2. The van der Waals surface area contributed by atoms with E-state index in [2.05, 4.69) is 16.7 Å². The van der Waals surface area contributed by atoms with E-state index in [1.165, 1.54) is 0 Å². The molecule has 0 saturated heterocycles. The van der Waals surface area contributed by atoms with Gasteiger partial charge in [0.25, 0.3) is 0 Å². The van der Waals surface area contributed by atoms with Crippen molar-refractivity contribution in [2.75, 3.05) is 13.1 Å². The van der Waals surface area contributed by atoms with Crippen LogP contribution in [-0.4, -0.2) is 24.3 Å². The van der Waals surface area contributed by atoms with Crippen LogP contribution in [0.5, 0.6) is 0 Å². The summed E-state index contributed by atoms with van der Waals surface area (Å²) < 4.78 is 0. The number of hydrogen-bond acceptors (Lipinski definition) is 3. The number of benzene rings is 1. The molecule has 0 unspecified atom stereocenters. The Morgan fingerprint density at radius 3 is 2.59 bits per heavy atom. The van der Waals surface area contributed by atoms with Crippen molar-refractivity contribution in [1.82, 2.24) is 10.6 Å². The van der Waals surface area contributed by atoms with Crippen molar-refractivity contribution in [2.45, 2.75) is 13.0 Å². The van der Waals surface area contributed by atoms with Crippen molar-refractivity contribution in [3.05, 3.63) is 35.4 Å². The summed E-state index contributed by atoms with van der Waals surface area (Å²) in [5.41, 5.74) is 1.76. The molecule has 1 aromatic rings. The quantitative estimate of drug-likeness (QED) is 0.647. The van der Waals surface area contributed by atoms with Gasteiger partial charge in [-0.15, -0.1) is 0 Å². The monoisotopic (exact) mass is 233 g/mol. The lowest BCUT2D eigenvalue weighted by molar-refractivity contribution is 0.194. The molecule has 1 amide bonds. The number of carbonyl (C=O) groups is 1. The largest absolute Gasteiger partial charge is 0.465 e. The molecular formula is C12H15N3O2. The predicted molar refractivity (Wildman–Crippen MR) is 63.5 cm³/mol. The van der Waals surface area contributed by atoms with Crippen molar-refractivity contribution in [1.29, 1.82) is 5.26 Å². The molecule has 0 atom stereocenters. The maximum absolute atomic E-state index is 10.2. The van der Waals surface area contributed by atoms with Crippen molar-refractivity contribution in [3.8, 4) is 6.07 Å². The average molecular weight is 233 g/mol. The molecule has 0 heterocycles. The third kappa shape index (κ3) is 5.54. The van der Waals surface area contributed by atoms with Gasteiger partial charge >= 0.3 is 6.09 Å². The zero-order valence-corrected chi connectivity index (χ0v) is 9.44. The Hall–Kier alpha value is -2.06. The Kier molecular flexibility index (Phi) is 5.55. The predicted octanol–water partition coefficient (Wildman–Crippen LogP) is 1.31. The molecule has 5 heteroatoms. The molecule has 5 nitrogen and oxygen atoms in total. The molecule has 0 aliphatic rings. The van der Waals surface area contributed by atoms with E-state index in [9.17, 15) is 4.79 Å². The average Bonchev–Trinajstić information content (AvgIpc) is 2.34. The zero-order valence-electron chi connectivity index (χ0n) is 9.44. The second-order valence-electron chi connectivity index (χ2n) is 3.57. The maximum Gasteiger partial charge on any atom is 0.404 e. The lowest BCUT2D eigenvalue weighted by atomic mass is 10.1. The Bertz CT molecular complexity index is 395. The van der Waals surface area contributed by atoms with Gasteiger partial charge < -0.3 is 15.7 Å². The zero-order chi connectivity index (χ0) is 12.5. The van der Waals surface area contributed by atoms with E-state index in [0.29, 0.717) is 12.1 Å². The molecule has 0 aliphatic heterocycles. The highest BCUT2D eigenvalue weighted by atomic mass is 16.4. The first kappa shape index (κ1) is 13.0. The van der Waals surface area contributed by atoms with Gasteiger partial charge in [0.2, 0.25) is 0 Å². The smallest absolute Gasteiger partial charge is 0.404 e. The van der Waals surface area contributed by atoms with Gasteiger partial charge in [0, 0.05) is 13.1 Å². The van der Waals surface area contributed by atoms with E-state index >= 15 is 0 Å². The fraction of sp³-hybridized carbons (Fsp3) is 0.333. The maximum atomic E-state index is 10.2. The highest BCUT2D eigenvalue weighted by molar-refractivity contribution is 5.64. The fourth-order valence-corrected chi connectivity index (χ4v) is 1.34. The van der Waals surface area contributed by atoms with Gasteiger partial charge in [0.1, 0.15) is 0 Å². The topological polar surface area (TPSA) is 85.2 Å². The standard InChI is InChI=1S/C12H15N3O2/c13-8-10-2-4-11(5-3-10)9-14-6-1-7-15-12(16)17/h2-5,14-15H,1,6-7,9H2,(H,16,17). The number of rotatable bonds is 6. The van der Waals surface area contributed by atoms with E-state index in [1.807, 2.05) is 12.1 Å². The fourth-order valence-electron chi connectivity index (χ4n) is 1.34. The summed E-state index contributed by atoms with van der Waals surface area (Å²) in [7, 11) is 0. The number of nitriles is 1. The van der Waals surface area contributed by atoms with Crippen LogP contribution in [0.15, 0.2) is 24.3 Å². The van der Waals surface area contributed by atoms with E-state index in [0.717, 1.165) is 25.1 Å². The summed E-state index contributed by atoms with van der Waals surface area (Å²) in [6, 6.07) is 9.43. The van der Waals surface area contributed by atoms with Gasteiger partial charge in [-0.1, -0.05) is 12.1 Å². The summed E-state index contributed by atoms with van der Waals surface area (Å²) >= 11 is 0. The van der Waals surface area contributed by atoms with Crippen LogP contribution in [0.4, 0.5) is 4.79 Å². The van der Waals surface area contributed by atoms with E-state index in [1.54, 1.807) is 12.1 Å². The van der Waals surface area contributed by atoms with E-state index in [-0.39, 0.29) is 0 Å². The van der Waals surface area contributed by atoms with Crippen LogP contribution in [-0.2, 0) is 6.54 Å². The second-order valence-corrected chi connectivity index (χ2v) is 3.57. The first-order chi connectivity index (χ1) is 8.22. The van der Waals surface area contributed by atoms with Crippen molar-refractivity contribution in [2.24, 2.45) is 0 Å². The molecule has 0 aliphatic carbocycles.